The van der Waals surface area contributed by atoms with E-state index < -0.39 is 0 Å². The quantitative estimate of drug-likeness (QED) is 0.256. The third-order valence-electron chi connectivity index (χ3n) is 6.92. The molecule has 0 aliphatic carbocycles. The summed E-state index contributed by atoms with van der Waals surface area (Å²) in [4.78, 5) is 39.7. The molecule has 1 aliphatic heterocycles. The number of nitrogens with zero attached hydrogens (tertiary/aromatic N) is 3. The molecule has 0 bridgehead atoms. The Morgan fingerprint density at radius 3 is 2.63 bits per heavy atom. The second-order valence-electron chi connectivity index (χ2n) is 9.62. The van der Waals surface area contributed by atoms with Gasteiger partial charge in [-0.2, -0.15) is 4.98 Å². The summed E-state index contributed by atoms with van der Waals surface area (Å²) in [6.07, 6.45) is 3.57. The number of fused-ring (bicyclic) bond motifs is 1. The lowest BCUT2D eigenvalue weighted by Crippen LogP contribution is -2.38. The zero-order valence-corrected chi connectivity index (χ0v) is 22.3. The monoisotopic (exact) mass is 531 g/mol. The summed E-state index contributed by atoms with van der Waals surface area (Å²) >= 11 is 6.36. The highest BCUT2D eigenvalue weighted by Gasteiger charge is 2.25. The molecule has 0 atom stereocenters. The number of nitrogens with one attached hydrogen (secondary N) is 4. The van der Waals surface area contributed by atoms with E-state index in [-0.39, 0.29) is 11.8 Å². The summed E-state index contributed by atoms with van der Waals surface area (Å²) in [5, 5.41) is 10.2. The number of rotatable bonds is 6. The van der Waals surface area contributed by atoms with Gasteiger partial charge >= 0.3 is 0 Å². The van der Waals surface area contributed by atoms with Gasteiger partial charge in [0.25, 0.3) is 11.8 Å². The number of benzene rings is 2. The standard InChI is InChI=1S/C28H30ClN7O2/c1-16-10-12-36(13-11-16)27(38)24-17(2)32-23-14-18(8-9-19(23)24)33-28-31-15-21(29)25(35-28)34-22-7-5-4-6-20(22)26(37)30-3/h4-9,14-16,32H,10-13H2,1-3H3,(H,30,37)(H2,31,33,34,35). The summed E-state index contributed by atoms with van der Waals surface area (Å²) in [6, 6.07) is 12.9. The highest BCUT2D eigenvalue weighted by atomic mass is 35.5. The minimum absolute atomic E-state index is 0.0788. The van der Waals surface area contributed by atoms with Crippen LogP contribution in [0.3, 0.4) is 0 Å². The molecule has 0 unspecified atom stereocenters. The summed E-state index contributed by atoms with van der Waals surface area (Å²) in [7, 11) is 1.58. The van der Waals surface area contributed by atoms with Crippen LogP contribution in [0.1, 0.15) is 46.2 Å². The van der Waals surface area contributed by atoms with Gasteiger partial charge in [0.05, 0.1) is 23.0 Å². The summed E-state index contributed by atoms with van der Waals surface area (Å²) in [5.41, 5.74) is 4.23. The number of piperidine rings is 1. The number of hydrogen-bond acceptors (Lipinski definition) is 6. The van der Waals surface area contributed by atoms with Gasteiger partial charge in [-0.1, -0.05) is 30.7 Å². The Kier molecular flexibility index (Phi) is 7.20. The maximum absolute atomic E-state index is 13.3. The molecule has 0 radical (unpaired) electrons. The smallest absolute Gasteiger partial charge is 0.256 e. The van der Waals surface area contributed by atoms with Crippen LogP contribution in [0, 0.1) is 12.8 Å². The van der Waals surface area contributed by atoms with Gasteiger partial charge in [0.2, 0.25) is 5.95 Å². The van der Waals surface area contributed by atoms with E-state index in [0.29, 0.717) is 34.0 Å². The van der Waals surface area contributed by atoms with Crippen LogP contribution in [-0.2, 0) is 0 Å². The Labute approximate surface area is 226 Å². The Balaban J connectivity index is 1.38. The van der Waals surface area contributed by atoms with Crippen LogP contribution >= 0.6 is 11.6 Å². The van der Waals surface area contributed by atoms with Gasteiger partial charge in [0.15, 0.2) is 5.82 Å². The molecule has 2 amide bonds. The number of carbonyl (C=O) groups is 2. The number of aryl methyl sites for hydroxylation is 1. The van der Waals surface area contributed by atoms with E-state index in [1.54, 1.807) is 25.2 Å². The lowest BCUT2D eigenvalue weighted by Gasteiger charge is -2.30. The van der Waals surface area contributed by atoms with Crippen LogP contribution in [0.15, 0.2) is 48.7 Å². The van der Waals surface area contributed by atoms with Gasteiger partial charge in [-0.15, -0.1) is 0 Å². The molecule has 38 heavy (non-hydrogen) atoms. The summed E-state index contributed by atoms with van der Waals surface area (Å²) in [5.74, 6) is 1.21. The van der Waals surface area contributed by atoms with Crippen molar-refractivity contribution in [3.8, 4) is 0 Å². The molecule has 9 nitrogen and oxygen atoms in total. The topological polar surface area (TPSA) is 115 Å². The van der Waals surface area contributed by atoms with E-state index in [0.717, 1.165) is 53.8 Å². The van der Waals surface area contributed by atoms with Crippen molar-refractivity contribution < 1.29 is 9.59 Å². The van der Waals surface area contributed by atoms with E-state index >= 15 is 0 Å². The van der Waals surface area contributed by atoms with Crippen molar-refractivity contribution in [2.24, 2.45) is 5.92 Å². The van der Waals surface area contributed by atoms with Crippen LogP contribution in [0.2, 0.25) is 5.02 Å². The number of anilines is 4. The second kappa shape index (κ2) is 10.7. The van der Waals surface area contributed by atoms with Crippen LogP contribution in [0.5, 0.6) is 0 Å². The van der Waals surface area contributed by atoms with Crippen molar-refractivity contribution in [3.63, 3.8) is 0 Å². The molecule has 1 saturated heterocycles. The zero-order chi connectivity index (χ0) is 26.8. The Hall–Kier alpha value is -4.11. The minimum Gasteiger partial charge on any atom is -0.358 e. The SMILES string of the molecule is CNC(=O)c1ccccc1Nc1nc(Nc2ccc3c(C(=O)N4CCC(C)CC4)c(C)[nH]c3c2)ncc1Cl. The van der Waals surface area contributed by atoms with Crippen molar-refractivity contribution in [2.45, 2.75) is 26.7 Å². The molecule has 10 heteroatoms. The van der Waals surface area contributed by atoms with Crippen LogP contribution in [-0.4, -0.2) is 51.8 Å². The number of halogens is 1. The second-order valence-corrected chi connectivity index (χ2v) is 10.0. The minimum atomic E-state index is -0.223. The summed E-state index contributed by atoms with van der Waals surface area (Å²) in [6.45, 7) is 5.76. The number of aromatic amines is 1. The molecule has 2 aromatic heterocycles. The van der Waals surface area contributed by atoms with E-state index in [9.17, 15) is 9.59 Å². The molecular weight excluding hydrogens is 502 g/mol. The van der Waals surface area contributed by atoms with Crippen LogP contribution in [0.4, 0.5) is 23.1 Å². The van der Waals surface area contributed by atoms with Gasteiger partial charge in [0.1, 0.15) is 5.02 Å². The van der Waals surface area contributed by atoms with Gasteiger partial charge < -0.3 is 25.8 Å². The average Bonchev–Trinajstić information content (AvgIpc) is 3.25. The maximum atomic E-state index is 13.3. The molecule has 2 aromatic carbocycles. The van der Waals surface area contributed by atoms with Gasteiger partial charge in [-0.05, 0) is 56.0 Å². The lowest BCUT2D eigenvalue weighted by atomic mass is 9.98. The average molecular weight is 532 g/mol. The lowest BCUT2D eigenvalue weighted by molar-refractivity contribution is 0.0698. The fourth-order valence-electron chi connectivity index (χ4n) is 4.75. The third-order valence-corrected chi connectivity index (χ3v) is 7.20. The molecule has 1 fully saturated rings. The molecule has 1 aliphatic rings. The van der Waals surface area contributed by atoms with Gasteiger partial charge in [-0.25, -0.2) is 4.98 Å². The molecule has 3 heterocycles. The molecule has 0 saturated carbocycles. The number of carbonyl (C=O) groups excluding carboxylic acids is 2. The Bertz CT molecular complexity index is 1510. The van der Waals surface area contributed by atoms with E-state index in [2.05, 4.69) is 37.8 Å². The van der Waals surface area contributed by atoms with Crippen LogP contribution in [0.25, 0.3) is 10.9 Å². The highest BCUT2D eigenvalue weighted by molar-refractivity contribution is 6.33. The van der Waals surface area contributed by atoms with E-state index in [1.807, 2.05) is 36.1 Å². The first-order valence-corrected chi connectivity index (χ1v) is 13.0. The largest absolute Gasteiger partial charge is 0.358 e. The Morgan fingerprint density at radius 2 is 1.87 bits per heavy atom. The third kappa shape index (κ3) is 5.15. The van der Waals surface area contributed by atoms with Crippen molar-refractivity contribution in [2.75, 3.05) is 30.8 Å². The number of para-hydroxylation sites is 1. The Morgan fingerprint density at radius 1 is 1.11 bits per heavy atom. The first-order chi connectivity index (χ1) is 18.3. The molecule has 196 valence electrons. The van der Waals surface area contributed by atoms with Crippen molar-refractivity contribution >= 4 is 57.5 Å². The van der Waals surface area contributed by atoms with E-state index in [1.165, 1.54) is 6.20 Å². The molecule has 0 spiro atoms. The molecule has 4 N–H and O–H groups in total. The van der Waals surface area contributed by atoms with Crippen LogP contribution < -0.4 is 16.0 Å². The number of hydrogen-bond donors (Lipinski definition) is 4. The maximum Gasteiger partial charge on any atom is 0.256 e. The first kappa shape index (κ1) is 25.5. The number of likely N-dealkylation sites (tertiary alicyclic amines) is 1. The molecular formula is C28H30ClN7O2. The number of amides is 2. The normalized spacial score (nSPS) is 13.9. The zero-order valence-electron chi connectivity index (χ0n) is 21.6. The van der Waals surface area contributed by atoms with Gasteiger partial charge in [0, 0.05) is 42.4 Å². The van der Waals surface area contributed by atoms with E-state index in [4.69, 9.17) is 11.6 Å². The summed E-state index contributed by atoms with van der Waals surface area (Å²) < 4.78 is 0. The number of H-pyrrole nitrogens is 1. The predicted molar refractivity (Wildman–Crippen MR) is 151 cm³/mol. The number of aromatic nitrogens is 3. The highest BCUT2D eigenvalue weighted by Crippen LogP contribution is 2.30. The van der Waals surface area contributed by atoms with Crippen molar-refractivity contribution in [1.29, 1.82) is 0 Å². The predicted octanol–water partition coefficient (Wildman–Crippen LogP) is 5.64. The molecule has 5 rings (SSSR count). The fourth-order valence-corrected chi connectivity index (χ4v) is 4.89. The van der Waals surface area contributed by atoms with Crippen molar-refractivity contribution in [1.82, 2.24) is 25.2 Å². The van der Waals surface area contributed by atoms with Gasteiger partial charge in [-0.3, -0.25) is 9.59 Å². The molecule has 4 aromatic rings. The first-order valence-electron chi connectivity index (χ1n) is 12.6. The van der Waals surface area contributed by atoms with Crippen molar-refractivity contribution in [3.05, 3.63) is 70.5 Å². The fraction of sp³-hybridized carbons (Fsp3) is 0.286.